The lowest BCUT2D eigenvalue weighted by Gasteiger charge is -2.38. The van der Waals surface area contributed by atoms with Gasteiger partial charge < -0.3 is 5.32 Å². The molecular weight excluding hydrogens is 246 g/mol. The lowest BCUT2D eigenvalue weighted by Crippen LogP contribution is -2.46. The van der Waals surface area contributed by atoms with Gasteiger partial charge in [-0.2, -0.15) is 23.5 Å². The molecular formula is C14H29NS2. The van der Waals surface area contributed by atoms with Crippen molar-refractivity contribution in [3.05, 3.63) is 0 Å². The van der Waals surface area contributed by atoms with E-state index in [1.807, 2.05) is 11.8 Å². The zero-order valence-electron chi connectivity index (χ0n) is 12.1. The molecule has 1 fully saturated rings. The molecule has 1 unspecified atom stereocenters. The summed E-state index contributed by atoms with van der Waals surface area (Å²) in [4.78, 5) is 0. The van der Waals surface area contributed by atoms with Crippen LogP contribution in [0.1, 0.15) is 47.0 Å². The van der Waals surface area contributed by atoms with Crippen LogP contribution >= 0.6 is 23.5 Å². The second-order valence-electron chi connectivity index (χ2n) is 6.06. The molecule has 0 amide bonds. The van der Waals surface area contributed by atoms with E-state index in [4.69, 9.17) is 0 Å². The van der Waals surface area contributed by atoms with Crippen molar-refractivity contribution >= 4 is 23.5 Å². The summed E-state index contributed by atoms with van der Waals surface area (Å²) in [6, 6.07) is 0.716. The Hall–Kier alpha value is 0.660. The molecule has 1 N–H and O–H groups in total. The van der Waals surface area contributed by atoms with Crippen molar-refractivity contribution < 1.29 is 0 Å². The molecule has 1 heterocycles. The summed E-state index contributed by atoms with van der Waals surface area (Å²) in [6.07, 6.45) is 6.12. The third kappa shape index (κ3) is 4.68. The van der Waals surface area contributed by atoms with Gasteiger partial charge in [0.05, 0.1) is 0 Å². The average Bonchev–Trinajstić information content (AvgIpc) is 2.30. The van der Waals surface area contributed by atoms with Crippen LogP contribution in [0.15, 0.2) is 0 Å². The van der Waals surface area contributed by atoms with Crippen LogP contribution in [-0.2, 0) is 0 Å². The number of thioether (sulfide) groups is 2. The first kappa shape index (κ1) is 15.7. The van der Waals surface area contributed by atoms with Crippen LogP contribution in [0.3, 0.4) is 0 Å². The van der Waals surface area contributed by atoms with Gasteiger partial charge in [0, 0.05) is 23.1 Å². The lowest BCUT2D eigenvalue weighted by molar-refractivity contribution is 0.309. The largest absolute Gasteiger partial charge is 0.312 e. The fourth-order valence-electron chi connectivity index (χ4n) is 2.58. The van der Waals surface area contributed by atoms with E-state index in [-0.39, 0.29) is 0 Å². The zero-order chi connectivity index (χ0) is 12.9. The molecule has 0 aromatic carbocycles. The van der Waals surface area contributed by atoms with Gasteiger partial charge in [-0.15, -0.1) is 0 Å². The van der Waals surface area contributed by atoms with Crippen LogP contribution in [0, 0.1) is 5.41 Å². The second-order valence-corrected chi connectivity index (χ2v) is 8.36. The lowest BCUT2D eigenvalue weighted by atomic mass is 9.87. The molecule has 0 aromatic heterocycles. The molecule has 1 saturated heterocycles. The molecule has 1 rings (SSSR count). The highest BCUT2D eigenvalue weighted by Gasteiger charge is 2.31. The third-order valence-corrected chi connectivity index (χ3v) is 7.26. The smallest absolute Gasteiger partial charge is 0.0276 e. The second kappa shape index (κ2) is 6.72. The highest BCUT2D eigenvalue weighted by atomic mass is 32.2. The summed E-state index contributed by atoms with van der Waals surface area (Å²) >= 11 is 4.15. The molecule has 0 saturated carbocycles. The summed E-state index contributed by atoms with van der Waals surface area (Å²) in [5, 5.41) is 3.83. The van der Waals surface area contributed by atoms with Gasteiger partial charge in [0.25, 0.3) is 0 Å². The summed E-state index contributed by atoms with van der Waals surface area (Å²) in [7, 11) is 0. The Morgan fingerprint density at radius 1 is 1.35 bits per heavy atom. The minimum atomic E-state index is 0.451. The summed E-state index contributed by atoms with van der Waals surface area (Å²) in [6.45, 7) is 10.6. The third-order valence-electron chi connectivity index (χ3n) is 4.05. The molecule has 0 aliphatic carbocycles. The number of rotatable bonds is 6. The molecule has 1 aliphatic rings. The maximum Gasteiger partial charge on any atom is 0.0276 e. The zero-order valence-corrected chi connectivity index (χ0v) is 13.8. The van der Waals surface area contributed by atoms with E-state index in [2.05, 4.69) is 51.0 Å². The van der Waals surface area contributed by atoms with Gasteiger partial charge in [-0.05, 0) is 36.7 Å². The average molecular weight is 276 g/mol. The molecule has 1 nitrogen and oxygen atoms in total. The molecule has 102 valence electrons. The van der Waals surface area contributed by atoms with Crippen LogP contribution in [0.25, 0.3) is 0 Å². The Balaban J connectivity index is 2.44. The van der Waals surface area contributed by atoms with E-state index in [0.717, 1.165) is 0 Å². The topological polar surface area (TPSA) is 12.0 Å². The van der Waals surface area contributed by atoms with Crippen LogP contribution in [0.4, 0.5) is 0 Å². The highest BCUT2D eigenvalue weighted by molar-refractivity contribution is 8.00. The molecule has 0 spiro atoms. The van der Waals surface area contributed by atoms with Gasteiger partial charge >= 0.3 is 0 Å². The summed E-state index contributed by atoms with van der Waals surface area (Å²) < 4.78 is 0.451. The number of nitrogens with one attached hydrogen (secondary N) is 1. The Bertz CT molecular complexity index is 216. The maximum absolute atomic E-state index is 3.83. The first-order valence-electron chi connectivity index (χ1n) is 6.83. The van der Waals surface area contributed by atoms with Gasteiger partial charge in [-0.3, -0.25) is 0 Å². The van der Waals surface area contributed by atoms with Crippen molar-refractivity contribution in [1.82, 2.24) is 5.32 Å². The van der Waals surface area contributed by atoms with Gasteiger partial charge in [0.2, 0.25) is 0 Å². The fraction of sp³-hybridized carbons (Fsp3) is 1.00. The van der Waals surface area contributed by atoms with E-state index in [1.54, 1.807) is 0 Å². The first-order valence-corrected chi connectivity index (χ1v) is 9.21. The Labute approximate surface area is 116 Å². The highest BCUT2D eigenvalue weighted by Crippen LogP contribution is 2.34. The minimum absolute atomic E-state index is 0.451. The van der Waals surface area contributed by atoms with Gasteiger partial charge in [-0.25, -0.2) is 0 Å². The monoisotopic (exact) mass is 275 g/mol. The Kier molecular flexibility index (Phi) is 6.21. The minimum Gasteiger partial charge on any atom is -0.312 e. The number of hydrogen-bond acceptors (Lipinski definition) is 3. The van der Waals surface area contributed by atoms with Crippen molar-refractivity contribution in [1.29, 1.82) is 0 Å². The molecule has 3 heteroatoms. The standard InChI is InChI=1S/C14H29NS2/c1-6-14(7-2,16-5)10-15-12-8-13(3,4)11-17-9-12/h12,15H,6-11H2,1-5H3. The molecule has 17 heavy (non-hydrogen) atoms. The van der Waals surface area contributed by atoms with Gasteiger partial charge in [0.15, 0.2) is 0 Å². The predicted molar refractivity (Wildman–Crippen MR) is 84.3 cm³/mol. The Morgan fingerprint density at radius 2 is 2.00 bits per heavy atom. The van der Waals surface area contributed by atoms with Crippen LogP contribution in [0.5, 0.6) is 0 Å². The molecule has 0 aromatic rings. The SMILES string of the molecule is CCC(CC)(CNC1CSCC(C)(C)C1)SC. The fourth-order valence-corrected chi connectivity index (χ4v) is 4.70. The van der Waals surface area contributed by atoms with Crippen molar-refractivity contribution in [3.63, 3.8) is 0 Å². The van der Waals surface area contributed by atoms with Gasteiger partial charge in [-0.1, -0.05) is 27.7 Å². The summed E-state index contributed by atoms with van der Waals surface area (Å²) in [5.74, 6) is 2.61. The van der Waals surface area contributed by atoms with E-state index in [0.29, 0.717) is 16.2 Å². The summed E-state index contributed by atoms with van der Waals surface area (Å²) in [5.41, 5.74) is 0.515. The van der Waals surface area contributed by atoms with Crippen molar-refractivity contribution in [2.75, 3.05) is 24.3 Å². The van der Waals surface area contributed by atoms with Crippen LogP contribution in [0.2, 0.25) is 0 Å². The number of hydrogen-bond donors (Lipinski definition) is 1. The quantitative estimate of drug-likeness (QED) is 0.786. The van der Waals surface area contributed by atoms with E-state index >= 15 is 0 Å². The maximum atomic E-state index is 3.83. The first-order chi connectivity index (χ1) is 7.97. The molecule has 1 atom stereocenters. The Morgan fingerprint density at radius 3 is 2.47 bits per heavy atom. The van der Waals surface area contributed by atoms with Crippen LogP contribution < -0.4 is 5.32 Å². The van der Waals surface area contributed by atoms with Gasteiger partial charge in [0.1, 0.15) is 0 Å². The van der Waals surface area contributed by atoms with E-state index in [1.165, 1.54) is 37.3 Å². The van der Waals surface area contributed by atoms with E-state index < -0.39 is 0 Å². The molecule has 0 bridgehead atoms. The van der Waals surface area contributed by atoms with Crippen LogP contribution in [-0.4, -0.2) is 35.1 Å². The predicted octanol–water partition coefficient (Wildman–Crippen LogP) is 4.03. The van der Waals surface area contributed by atoms with E-state index in [9.17, 15) is 0 Å². The van der Waals surface area contributed by atoms with Crippen molar-refractivity contribution in [3.8, 4) is 0 Å². The van der Waals surface area contributed by atoms with Crippen molar-refractivity contribution in [2.45, 2.75) is 57.7 Å². The molecule has 0 radical (unpaired) electrons. The van der Waals surface area contributed by atoms with Crippen molar-refractivity contribution in [2.24, 2.45) is 5.41 Å². The molecule has 1 aliphatic heterocycles. The normalized spacial score (nSPS) is 24.9.